The number of aliphatic hydroxyl groups is 1. The van der Waals surface area contributed by atoms with Crippen LogP contribution in [0, 0.1) is 6.92 Å². The van der Waals surface area contributed by atoms with Crippen molar-refractivity contribution in [3.63, 3.8) is 0 Å². The molecule has 1 saturated heterocycles. The van der Waals surface area contributed by atoms with Crippen LogP contribution in [0.15, 0.2) is 41.0 Å². The molecular formula is C20H23N3O5. The van der Waals surface area contributed by atoms with Crippen molar-refractivity contribution in [2.24, 2.45) is 0 Å². The number of amides is 3. The molecule has 8 heteroatoms. The maximum absolute atomic E-state index is 12.1. The van der Waals surface area contributed by atoms with Crippen LogP contribution in [0.2, 0.25) is 0 Å². The maximum Gasteiger partial charge on any atom is 0.313 e. The first-order chi connectivity index (χ1) is 13.5. The van der Waals surface area contributed by atoms with Gasteiger partial charge in [0.2, 0.25) is 5.91 Å². The number of aryl methyl sites for hydroxylation is 1. The Morgan fingerprint density at radius 2 is 2.11 bits per heavy atom. The fourth-order valence-corrected chi connectivity index (χ4v) is 3.09. The molecule has 3 amide bonds. The second-order valence-corrected chi connectivity index (χ2v) is 6.68. The number of hydrogen-bond acceptors (Lipinski definition) is 5. The molecule has 1 fully saturated rings. The summed E-state index contributed by atoms with van der Waals surface area (Å²) in [7, 11) is 0. The summed E-state index contributed by atoms with van der Waals surface area (Å²) in [5.41, 5.74) is 2.10. The molecule has 3 rings (SSSR count). The van der Waals surface area contributed by atoms with E-state index in [1.54, 1.807) is 35.2 Å². The first kappa shape index (κ1) is 19.6. The Bertz CT molecular complexity index is 863. The zero-order valence-corrected chi connectivity index (χ0v) is 15.6. The molecule has 2 heterocycles. The summed E-state index contributed by atoms with van der Waals surface area (Å²) >= 11 is 0. The molecule has 1 aromatic carbocycles. The number of nitrogens with zero attached hydrogens (tertiary/aromatic N) is 1. The minimum absolute atomic E-state index is 0.0550. The van der Waals surface area contributed by atoms with Crippen molar-refractivity contribution >= 4 is 29.1 Å². The zero-order valence-electron chi connectivity index (χ0n) is 15.6. The van der Waals surface area contributed by atoms with Gasteiger partial charge in [0.25, 0.3) is 0 Å². The summed E-state index contributed by atoms with van der Waals surface area (Å²) in [6, 6.07) is 8.49. The van der Waals surface area contributed by atoms with Gasteiger partial charge in [0.15, 0.2) is 0 Å². The second-order valence-electron chi connectivity index (χ2n) is 6.68. The van der Waals surface area contributed by atoms with Crippen LogP contribution >= 0.6 is 0 Å². The lowest BCUT2D eigenvalue weighted by Gasteiger charge is -2.19. The topological polar surface area (TPSA) is 112 Å². The monoisotopic (exact) mass is 385 g/mol. The number of carbonyl (C=O) groups is 3. The lowest BCUT2D eigenvalue weighted by molar-refractivity contribution is -0.136. The Hall–Kier alpha value is -3.13. The molecule has 0 bridgehead atoms. The molecule has 0 unspecified atom stereocenters. The van der Waals surface area contributed by atoms with Crippen LogP contribution < -0.4 is 15.5 Å². The van der Waals surface area contributed by atoms with Gasteiger partial charge in [-0.25, -0.2) is 0 Å². The van der Waals surface area contributed by atoms with Gasteiger partial charge in [-0.05, 0) is 49.6 Å². The van der Waals surface area contributed by atoms with Crippen molar-refractivity contribution < 1.29 is 23.9 Å². The number of rotatable bonds is 6. The van der Waals surface area contributed by atoms with Crippen molar-refractivity contribution in [2.75, 3.05) is 23.3 Å². The van der Waals surface area contributed by atoms with E-state index in [1.807, 2.05) is 6.92 Å². The molecule has 1 aliphatic heterocycles. The predicted octanol–water partition coefficient (Wildman–Crippen LogP) is 1.89. The summed E-state index contributed by atoms with van der Waals surface area (Å²) in [6.07, 6.45) is 2.15. The van der Waals surface area contributed by atoms with E-state index in [2.05, 4.69) is 10.6 Å². The lowest BCUT2D eigenvalue weighted by Crippen LogP contribution is -2.36. The number of carbonyl (C=O) groups excluding carboxylic acids is 3. The largest absolute Gasteiger partial charge is 0.467 e. The first-order valence-electron chi connectivity index (χ1n) is 9.17. The Kier molecular flexibility index (Phi) is 6.10. The van der Waals surface area contributed by atoms with E-state index < -0.39 is 17.9 Å². The molecule has 2 aromatic rings. The molecular weight excluding hydrogens is 362 g/mol. The van der Waals surface area contributed by atoms with Crippen molar-refractivity contribution in [1.82, 2.24) is 5.32 Å². The summed E-state index contributed by atoms with van der Waals surface area (Å²) in [4.78, 5) is 37.8. The number of aliphatic hydroxyl groups excluding tert-OH is 1. The summed E-state index contributed by atoms with van der Waals surface area (Å²) in [5, 5.41) is 14.9. The Balaban J connectivity index is 1.53. The van der Waals surface area contributed by atoms with Crippen LogP contribution in [0.3, 0.4) is 0 Å². The van der Waals surface area contributed by atoms with Crippen LogP contribution in [0.1, 0.15) is 36.7 Å². The fraction of sp³-hybridized carbons (Fsp3) is 0.350. The van der Waals surface area contributed by atoms with Crippen molar-refractivity contribution in [3.05, 3.63) is 47.9 Å². The molecule has 3 N–H and O–H groups in total. The molecule has 0 aliphatic carbocycles. The number of furan rings is 1. The SMILES string of the molecule is Cc1ccc(NC(=O)C(=O)NCC[C@@H](O)c2ccco2)cc1N1CCCC1=O. The predicted molar refractivity (Wildman–Crippen MR) is 103 cm³/mol. The highest BCUT2D eigenvalue weighted by atomic mass is 16.4. The highest BCUT2D eigenvalue weighted by molar-refractivity contribution is 6.39. The Morgan fingerprint density at radius 3 is 2.79 bits per heavy atom. The molecule has 1 aliphatic rings. The standard InChI is InChI=1S/C20H23N3O5/c1-13-6-7-14(12-15(13)23-10-2-5-18(23)25)22-20(27)19(26)21-9-8-16(24)17-4-3-11-28-17/h3-4,6-7,11-12,16,24H,2,5,8-10H2,1H3,(H,21,26)(H,22,27)/t16-/m1/s1. The first-order valence-corrected chi connectivity index (χ1v) is 9.17. The summed E-state index contributed by atoms with van der Waals surface area (Å²) in [6.45, 7) is 2.66. The molecule has 1 aromatic heterocycles. The van der Waals surface area contributed by atoms with Crippen LogP contribution in [0.25, 0.3) is 0 Å². The van der Waals surface area contributed by atoms with E-state index >= 15 is 0 Å². The average Bonchev–Trinajstić information content (AvgIpc) is 3.35. The fourth-order valence-electron chi connectivity index (χ4n) is 3.09. The number of benzene rings is 1. The summed E-state index contributed by atoms with van der Waals surface area (Å²) in [5.74, 6) is -1.15. The quantitative estimate of drug-likeness (QED) is 0.658. The average molecular weight is 385 g/mol. The van der Waals surface area contributed by atoms with Crippen LogP contribution in [-0.2, 0) is 14.4 Å². The van der Waals surface area contributed by atoms with Crippen molar-refractivity contribution in [2.45, 2.75) is 32.3 Å². The minimum atomic E-state index is -0.851. The van der Waals surface area contributed by atoms with Gasteiger partial charge in [-0.3, -0.25) is 14.4 Å². The van der Waals surface area contributed by atoms with Crippen LogP contribution in [-0.4, -0.2) is 35.9 Å². The van der Waals surface area contributed by atoms with Crippen LogP contribution in [0.5, 0.6) is 0 Å². The van der Waals surface area contributed by atoms with Gasteiger partial charge < -0.3 is 25.1 Å². The molecule has 0 radical (unpaired) electrons. The van der Waals surface area contributed by atoms with E-state index in [0.29, 0.717) is 24.4 Å². The number of nitrogens with one attached hydrogen (secondary N) is 2. The molecule has 8 nitrogen and oxygen atoms in total. The Labute approximate surface area is 162 Å². The van der Waals surface area contributed by atoms with Crippen molar-refractivity contribution in [3.8, 4) is 0 Å². The summed E-state index contributed by atoms with van der Waals surface area (Å²) < 4.78 is 5.08. The zero-order chi connectivity index (χ0) is 20.1. The maximum atomic E-state index is 12.1. The van der Waals surface area contributed by atoms with Crippen LogP contribution in [0.4, 0.5) is 11.4 Å². The highest BCUT2D eigenvalue weighted by Crippen LogP contribution is 2.28. The number of hydrogen-bond donors (Lipinski definition) is 3. The van der Waals surface area contributed by atoms with E-state index in [1.165, 1.54) is 6.26 Å². The van der Waals surface area contributed by atoms with Gasteiger partial charge in [-0.2, -0.15) is 0 Å². The van der Waals surface area contributed by atoms with Gasteiger partial charge in [0, 0.05) is 30.9 Å². The third kappa shape index (κ3) is 4.58. The third-order valence-electron chi connectivity index (χ3n) is 4.61. The van der Waals surface area contributed by atoms with Gasteiger partial charge >= 0.3 is 11.8 Å². The molecule has 0 saturated carbocycles. The van der Waals surface area contributed by atoms with Gasteiger partial charge in [-0.1, -0.05) is 6.07 Å². The van der Waals surface area contributed by atoms with Gasteiger partial charge in [-0.15, -0.1) is 0 Å². The number of anilines is 2. The van der Waals surface area contributed by atoms with E-state index in [0.717, 1.165) is 17.7 Å². The van der Waals surface area contributed by atoms with E-state index in [9.17, 15) is 19.5 Å². The van der Waals surface area contributed by atoms with E-state index in [-0.39, 0.29) is 18.9 Å². The Morgan fingerprint density at radius 1 is 1.29 bits per heavy atom. The normalized spacial score (nSPS) is 14.8. The third-order valence-corrected chi connectivity index (χ3v) is 4.61. The highest BCUT2D eigenvalue weighted by Gasteiger charge is 2.23. The molecule has 148 valence electrons. The molecule has 28 heavy (non-hydrogen) atoms. The smallest absolute Gasteiger partial charge is 0.313 e. The van der Waals surface area contributed by atoms with E-state index in [4.69, 9.17) is 4.42 Å². The van der Waals surface area contributed by atoms with Gasteiger partial charge in [0.05, 0.1) is 6.26 Å². The van der Waals surface area contributed by atoms with Gasteiger partial charge in [0.1, 0.15) is 11.9 Å². The minimum Gasteiger partial charge on any atom is -0.467 e. The molecule has 0 spiro atoms. The lowest BCUT2D eigenvalue weighted by atomic mass is 10.1. The van der Waals surface area contributed by atoms with Crippen molar-refractivity contribution in [1.29, 1.82) is 0 Å². The molecule has 1 atom stereocenters. The second kappa shape index (κ2) is 8.71.